The topological polar surface area (TPSA) is 56.2 Å². The van der Waals surface area contributed by atoms with Crippen molar-refractivity contribution in [2.45, 2.75) is 13.2 Å². The van der Waals surface area contributed by atoms with E-state index in [0.717, 1.165) is 17.7 Å². The van der Waals surface area contributed by atoms with E-state index in [0.29, 0.717) is 22.7 Å². The molecule has 1 N–H and O–H groups in total. The lowest BCUT2D eigenvalue weighted by molar-refractivity contribution is 0.102. The van der Waals surface area contributed by atoms with Crippen LogP contribution in [0.5, 0.6) is 5.75 Å². The smallest absolute Gasteiger partial charge is 0.256 e. The van der Waals surface area contributed by atoms with Crippen molar-refractivity contribution in [3.63, 3.8) is 0 Å². The minimum absolute atomic E-state index is 0.0101. The predicted octanol–water partition coefficient (Wildman–Crippen LogP) is 5.69. The number of amides is 1. The SMILES string of the molecule is O=C(Nc1nn(Cc2ccccc2)cc1Cl)c1cccc(COc2ccc(F)cc2F)c1. The number of benzene rings is 3. The fourth-order valence-corrected chi connectivity index (χ4v) is 3.27. The Balaban J connectivity index is 1.41. The molecule has 32 heavy (non-hydrogen) atoms. The van der Waals surface area contributed by atoms with Crippen LogP contribution in [-0.4, -0.2) is 15.7 Å². The molecular weight excluding hydrogens is 436 g/mol. The summed E-state index contributed by atoms with van der Waals surface area (Å²) in [5, 5.41) is 7.37. The van der Waals surface area contributed by atoms with Crippen LogP contribution in [-0.2, 0) is 13.2 Å². The summed E-state index contributed by atoms with van der Waals surface area (Å²) >= 11 is 6.24. The number of nitrogens with one attached hydrogen (secondary N) is 1. The van der Waals surface area contributed by atoms with E-state index in [1.165, 1.54) is 6.07 Å². The highest BCUT2D eigenvalue weighted by Gasteiger charge is 2.13. The molecule has 0 atom stereocenters. The van der Waals surface area contributed by atoms with E-state index in [-0.39, 0.29) is 18.2 Å². The van der Waals surface area contributed by atoms with E-state index in [1.54, 1.807) is 35.1 Å². The van der Waals surface area contributed by atoms with Gasteiger partial charge in [-0.2, -0.15) is 5.10 Å². The first-order valence-electron chi connectivity index (χ1n) is 9.73. The molecule has 0 bridgehead atoms. The van der Waals surface area contributed by atoms with Gasteiger partial charge in [0.05, 0.1) is 6.54 Å². The first-order valence-corrected chi connectivity index (χ1v) is 10.1. The van der Waals surface area contributed by atoms with Crippen LogP contribution in [0.2, 0.25) is 5.02 Å². The van der Waals surface area contributed by atoms with Gasteiger partial charge in [-0.05, 0) is 35.4 Å². The van der Waals surface area contributed by atoms with Crippen LogP contribution in [0.3, 0.4) is 0 Å². The number of hydrogen-bond acceptors (Lipinski definition) is 3. The summed E-state index contributed by atoms with van der Waals surface area (Å²) in [5.41, 5.74) is 2.05. The largest absolute Gasteiger partial charge is 0.486 e. The van der Waals surface area contributed by atoms with Gasteiger partial charge in [0.25, 0.3) is 5.91 Å². The molecule has 0 saturated carbocycles. The zero-order valence-corrected chi connectivity index (χ0v) is 17.5. The molecule has 0 aliphatic carbocycles. The van der Waals surface area contributed by atoms with E-state index in [2.05, 4.69) is 10.4 Å². The maximum atomic E-state index is 13.7. The van der Waals surface area contributed by atoms with Crippen LogP contribution < -0.4 is 10.1 Å². The van der Waals surface area contributed by atoms with Crippen molar-refractivity contribution in [1.29, 1.82) is 0 Å². The summed E-state index contributed by atoms with van der Waals surface area (Å²) in [6, 6.07) is 19.5. The van der Waals surface area contributed by atoms with Crippen LogP contribution >= 0.6 is 11.6 Å². The molecule has 0 saturated heterocycles. The van der Waals surface area contributed by atoms with Gasteiger partial charge in [-0.15, -0.1) is 0 Å². The molecule has 162 valence electrons. The molecule has 0 aliphatic rings. The Labute approximate surface area is 188 Å². The van der Waals surface area contributed by atoms with Crippen molar-refractivity contribution in [1.82, 2.24) is 9.78 Å². The van der Waals surface area contributed by atoms with E-state index >= 15 is 0 Å². The standard InChI is InChI=1S/C24H18ClF2N3O2/c25-20-14-30(13-16-5-2-1-3-6-16)29-23(20)28-24(31)18-8-4-7-17(11-18)15-32-22-10-9-19(26)12-21(22)27/h1-12,14H,13,15H2,(H,28,29,31). The number of halogens is 3. The molecule has 4 aromatic rings. The van der Waals surface area contributed by atoms with Crippen molar-refractivity contribution < 1.29 is 18.3 Å². The molecule has 0 fully saturated rings. The molecule has 3 aromatic carbocycles. The van der Waals surface area contributed by atoms with Crippen molar-refractivity contribution in [3.8, 4) is 5.75 Å². The number of ether oxygens (including phenoxy) is 1. The van der Waals surface area contributed by atoms with Crippen LogP contribution in [0, 0.1) is 11.6 Å². The Hall–Kier alpha value is -3.71. The van der Waals surface area contributed by atoms with Crippen molar-refractivity contribution in [2.24, 2.45) is 0 Å². The molecule has 1 aromatic heterocycles. The normalized spacial score (nSPS) is 10.7. The van der Waals surface area contributed by atoms with E-state index in [9.17, 15) is 13.6 Å². The van der Waals surface area contributed by atoms with Crippen LogP contribution in [0.4, 0.5) is 14.6 Å². The number of rotatable bonds is 7. The first-order chi connectivity index (χ1) is 15.5. The fourth-order valence-electron chi connectivity index (χ4n) is 3.07. The number of anilines is 1. The summed E-state index contributed by atoms with van der Waals surface area (Å²) in [6.45, 7) is 0.527. The summed E-state index contributed by atoms with van der Waals surface area (Å²) in [5.74, 6) is -1.69. The van der Waals surface area contributed by atoms with E-state index in [4.69, 9.17) is 16.3 Å². The van der Waals surface area contributed by atoms with Crippen LogP contribution in [0.1, 0.15) is 21.5 Å². The average molecular weight is 454 g/mol. The zero-order valence-electron chi connectivity index (χ0n) is 16.8. The number of aromatic nitrogens is 2. The second-order valence-corrected chi connectivity index (χ2v) is 7.43. The Morgan fingerprint density at radius 3 is 2.56 bits per heavy atom. The molecular formula is C24H18ClF2N3O2. The third-order valence-corrected chi connectivity index (χ3v) is 4.89. The molecule has 4 rings (SSSR count). The highest BCUT2D eigenvalue weighted by Crippen LogP contribution is 2.22. The van der Waals surface area contributed by atoms with Gasteiger partial charge in [-0.1, -0.05) is 54.1 Å². The van der Waals surface area contributed by atoms with Crippen molar-refractivity contribution in [3.05, 3.63) is 112 Å². The van der Waals surface area contributed by atoms with Crippen molar-refractivity contribution in [2.75, 3.05) is 5.32 Å². The summed E-state index contributed by atoms with van der Waals surface area (Å²) in [6.07, 6.45) is 1.64. The van der Waals surface area contributed by atoms with Gasteiger partial charge in [0.1, 0.15) is 17.4 Å². The second kappa shape index (κ2) is 9.62. The lowest BCUT2D eigenvalue weighted by Crippen LogP contribution is -2.13. The minimum Gasteiger partial charge on any atom is -0.486 e. The minimum atomic E-state index is -0.792. The fraction of sp³-hybridized carbons (Fsp3) is 0.0833. The van der Waals surface area contributed by atoms with E-state index < -0.39 is 17.5 Å². The number of carbonyl (C=O) groups excluding carboxylic acids is 1. The Bertz CT molecular complexity index is 1250. The molecule has 1 heterocycles. The Kier molecular flexibility index (Phi) is 6.47. The maximum Gasteiger partial charge on any atom is 0.256 e. The Morgan fingerprint density at radius 2 is 1.78 bits per heavy atom. The lowest BCUT2D eigenvalue weighted by Gasteiger charge is -2.09. The number of carbonyl (C=O) groups is 1. The number of nitrogens with zero attached hydrogens (tertiary/aromatic N) is 2. The molecule has 0 aliphatic heterocycles. The van der Waals surface area contributed by atoms with E-state index in [1.807, 2.05) is 30.3 Å². The second-order valence-electron chi connectivity index (χ2n) is 7.03. The third-order valence-electron chi connectivity index (χ3n) is 4.61. The summed E-state index contributed by atoms with van der Waals surface area (Å²) in [4.78, 5) is 12.7. The van der Waals surface area contributed by atoms with Crippen LogP contribution in [0.25, 0.3) is 0 Å². The molecule has 0 unspecified atom stereocenters. The molecule has 8 heteroatoms. The van der Waals surface area contributed by atoms with Gasteiger partial charge in [-0.25, -0.2) is 8.78 Å². The zero-order chi connectivity index (χ0) is 22.5. The van der Waals surface area contributed by atoms with Gasteiger partial charge in [0.15, 0.2) is 17.4 Å². The number of hydrogen-bond donors (Lipinski definition) is 1. The molecule has 1 amide bonds. The van der Waals surface area contributed by atoms with Gasteiger partial charge in [0.2, 0.25) is 0 Å². The maximum absolute atomic E-state index is 13.7. The quantitative estimate of drug-likeness (QED) is 0.391. The lowest BCUT2D eigenvalue weighted by atomic mass is 10.1. The van der Waals surface area contributed by atoms with Crippen LogP contribution in [0.15, 0.2) is 79.0 Å². The monoisotopic (exact) mass is 453 g/mol. The predicted molar refractivity (Wildman–Crippen MR) is 118 cm³/mol. The molecule has 0 spiro atoms. The third kappa shape index (κ3) is 5.31. The van der Waals surface area contributed by atoms with Gasteiger partial charge >= 0.3 is 0 Å². The van der Waals surface area contributed by atoms with Gasteiger partial charge in [-0.3, -0.25) is 9.48 Å². The molecule has 0 radical (unpaired) electrons. The average Bonchev–Trinajstić information content (AvgIpc) is 3.12. The highest BCUT2D eigenvalue weighted by molar-refractivity contribution is 6.33. The summed E-state index contributed by atoms with van der Waals surface area (Å²) in [7, 11) is 0. The van der Waals surface area contributed by atoms with Crippen molar-refractivity contribution >= 4 is 23.3 Å². The Morgan fingerprint density at radius 1 is 1.00 bits per heavy atom. The van der Waals surface area contributed by atoms with Gasteiger partial charge in [0, 0.05) is 17.8 Å². The van der Waals surface area contributed by atoms with Gasteiger partial charge < -0.3 is 10.1 Å². The first kappa shape index (κ1) is 21.5. The molecule has 5 nitrogen and oxygen atoms in total. The highest BCUT2D eigenvalue weighted by atomic mass is 35.5. The summed E-state index contributed by atoms with van der Waals surface area (Å²) < 4.78 is 33.8.